The van der Waals surface area contributed by atoms with Crippen molar-refractivity contribution in [2.75, 3.05) is 36.5 Å². The first-order valence-electron chi connectivity index (χ1n) is 9.56. The molecule has 0 aliphatic carbocycles. The largest absolute Gasteiger partial charge is 0.456 e. The summed E-state index contributed by atoms with van der Waals surface area (Å²) in [7, 11) is -3.11. The average molecular weight is 426 g/mol. The molecule has 0 unspecified atom stereocenters. The molecular formula is C19H27N3O6S. The molecule has 29 heavy (non-hydrogen) atoms. The maximum absolute atomic E-state index is 12.4. The second kappa shape index (κ2) is 10.8. The number of nitrogens with zero attached hydrogens (tertiary/aromatic N) is 1. The fourth-order valence-electron chi connectivity index (χ4n) is 3.05. The highest BCUT2D eigenvalue weighted by Gasteiger charge is 2.34. The standard InChI is InChI=1S/C19H27N3O6S/c1-2-11-22(16-9-12-29(26,27)14-16)17(23)13-28-18(24)8-10-20-19(25)21-15-6-4-3-5-7-15/h3-7,16H,2,8-14H2,1H3,(H2,20,21,25)/t16-/m0/s1. The molecule has 2 N–H and O–H groups in total. The van der Waals surface area contributed by atoms with Crippen LogP contribution in [0, 0.1) is 0 Å². The number of rotatable bonds is 9. The molecule has 2 rings (SSSR count). The van der Waals surface area contributed by atoms with Gasteiger partial charge < -0.3 is 20.3 Å². The SMILES string of the molecule is CCCN(C(=O)COC(=O)CCNC(=O)Nc1ccccc1)[C@H]1CCS(=O)(=O)C1. The van der Waals surface area contributed by atoms with Crippen molar-refractivity contribution in [2.24, 2.45) is 0 Å². The Morgan fingerprint density at radius 1 is 1.21 bits per heavy atom. The van der Waals surface area contributed by atoms with E-state index in [2.05, 4.69) is 10.6 Å². The lowest BCUT2D eigenvalue weighted by Gasteiger charge is -2.27. The summed E-state index contributed by atoms with van der Waals surface area (Å²) >= 11 is 0. The maximum atomic E-state index is 12.4. The Bertz CT molecular complexity index is 812. The molecule has 1 saturated heterocycles. The van der Waals surface area contributed by atoms with E-state index in [1.165, 1.54) is 4.90 Å². The van der Waals surface area contributed by atoms with Crippen LogP contribution >= 0.6 is 0 Å². The molecular weight excluding hydrogens is 398 g/mol. The van der Waals surface area contributed by atoms with E-state index >= 15 is 0 Å². The van der Waals surface area contributed by atoms with Crippen molar-refractivity contribution in [2.45, 2.75) is 32.2 Å². The van der Waals surface area contributed by atoms with E-state index < -0.39 is 34.4 Å². The fourth-order valence-corrected chi connectivity index (χ4v) is 4.78. The lowest BCUT2D eigenvalue weighted by atomic mass is 10.2. The van der Waals surface area contributed by atoms with E-state index in [-0.39, 0.29) is 30.5 Å². The summed E-state index contributed by atoms with van der Waals surface area (Å²) in [5.41, 5.74) is 0.628. The number of nitrogens with one attached hydrogen (secondary N) is 2. The Labute approximate surface area is 170 Å². The Morgan fingerprint density at radius 2 is 1.93 bits per heavy atom. The number of carbonyl (C=O) groups is 3. The van der Waals surface area contributed by atoms with Gasteiger partial charge in [-0.1, -0.05) is 25.1 Å². The first kappa shape index (κ1) is 22.7. The first-order chi connectivity index (χ1) is 13.8. The smallest absolute Gasteiger partial charge is 0.319 e. The van der Waals surface area contributed by atoms with Crippen LogP contribution in [0.1, 0.15) is 26.2 Å². The minimum absolute atomic E-state index is 0.0485. The summed E-state index contributed by atoms with van der Waals surface area (Å²) in [6, 6.07) is 8.05. The third-order valence-electron chi connectivity index (χ3n) is 4.44. The predicted octanol–water partition coefficient (Wildman–Crippen LogP) is 1.17. The van der Waals surface area contributed by atoms with E-state index in [0.717, 1.165) is 0 Å². The van der Waals surface area contributed by atoms with Crippen molar-refractivity contribution in [3.8, 4) is 0 Å². The zero-order valence-corrected chi connectivity index (χ0v) is 17.2. The molecule has 0 aromatic heterocycles. The molecule has 1 aromatic carbocycles. The summed E-state index contributed by atoms with van der Waals surface area (Å²) in [6.07, 6.45) is 1.00. The van der Waals surface area contributed by atoms with Crippen LogP contribution in [-0.2, 0) is 24.2 Å². The number of ether oxygens (including phenoxy) is 1. The molecule has 160 valence electrons. The van der Waals surface area contributed by atoms with E-state index in [0.29, 0.717) is 25.1 Å². The van der Waals surface area contributed by atoms with Gasteiger partial charge in [0.2, 0.25) is 0 Å². The third-order valence-corrected chi connectivity index (χ3v) is 6.19. The minimum atomic E-state index is -3.11. The van der Waals surface area contributed by atoms with Gasteiger partial charge in [-0.2, -0.15) is 0 Å². The third kappa shape index (κ3) is 7.72. The van der Waals surface area contributed by atoms with E-state index in [4.69, 9.17) is 4.74 Å². The van der Waals surface area contributed by atoms with Crippen LogP contribution in [0.3, 0.4) is 0 Å². The number of hydrogen-bond donors (Lipinski definition) is 2. The van der Waals surface area contributed by atoms with E-state index in [1.807, 2.05) is 13.0 Å². The fraction of sp³-hybridized carbons (Fsp3) is 0.526. The van der Waals surface area contributed by atoms with Crippen molar-refractivity contribution < 1.29 is 27.5 Å². The van der Waals surface area contributed by atoms with Crippen LogP contribution in [0.15, 0.2) is 30.3 Å². The lowest BCUT2D eigenvalue weighted by molar-refractivity contribution is -0.152. The molecule has 10 heteroatoms. The van der Waals surface area contributed by atoms with Gasteiger partial charge in [0.1, 0.15) is 0 Å². The summed E-state index contributed by atoms with van der Waals surface area (Å²) < 4.78 is 28.3. The molecule has 1 heterocycles. The summed E-state index contributed by atoms with van der Waals surface area (Å²) in [5, 5.41) is 5.15. The Morgan fingerprint density at radius 3 is 2.55 bits per heavy atom. The number of benzene rings is 1. The summed E-state index contributed by atoms with van der Waals surface area (Å²) in [6.45, 7) is 1.93. The van der Waals surface area contributed by atoms with Gasteiger partial charge >= 0.3 is 12.0 Å². The highest BCUT2D eigenvalue weighted by Crippen LogP contribution is 2.18. The Hall–Kier alpha value is -2.62. The molecule has 3 amide bonds. The normalized spacial score (nSPS) is 17.3. The number of hydrogen-bond acceptors (Lipinski definition) is 6. The van der Waals surface area contributed by atoms with Crippen molar-refractivity contribution in [1.29, 1.82) is 0 Å². The molecule has 9 nitrogen and oxygen atoms in total. The lowest BCUT2D eigenvalue weighted by Crippen LogP contribution is -2.43. The zero-order chi connectivity index (χ0) is 21.3. The van der Waals surface area contributed by atoms with Gasteiger partial charge in [0.15, 0.2) is 16.4 Å². The quantitative estimate of drug-likeness (QED) is 0.573. The second-order valence-corrected chi connectivity index (χ2v) is 9.03. The Balaban J connectivity index is 1.70. The number of para-hydroxylation sites is 1. The van der Waals surface area contributed by atoms with Crippen molar-refractivity contribution >= 4 is 33.4 Å². The van der Waals surface area contributed by atoms with Gasteiger partial charge in [-0.05, 0) is 25.0 Å². The molecule has 1 aromatic rings. The highest BCUT2D eigenvalue weighted by atomic mass is 32.2. The molecule has 0 saturated carbocycles. The van der Waals surface area contributed by atoms with Crippen molar-refractivity contribution in [3.05, 3.63) is 30.3 Å². The molecule has 0 bridgehead atoms. The molecule has 1 aliphatic heterocycles. The number of urea groups is 1. The maximum Gasteiger partial charge on any atom is 0.319 e. The van der Waals surface area contributed by atoms with E-state index in [9.17, 15) is 22.8 Å². The number of amides is 3. The van der Waals surface area contributed by atoms with Crippen molar-refractivity contribution in [1.82, 2.24) is 10.2 Å². The zero-order valence-electron chi connectivity index (χ0n) is 16.4. The Kier molecular flexibility index (Phi) is 8.44. The summed E-state index contributed by atoms with van der Waals surface area (Å²) in [5.74, 6) is -1.000. The van der Waals surface area contributed by atoms with E-state index in [1.54, 1.807) is 24.3 Å². The van der Waals surface area contributed by atoms with Gasteiger partial charge in [-0.15, -0.1) is 0 Å². The van der Waals surface area contributed by atoms with Gasteiger partial charge in [0.05, 0.1) is 17.9 Å². The first-order valence-corrected chi connectivity index (χ1v) is 11.4. The number of esters is 1. The molecule has 1 fully saturated rings. The highest BCUT2D eigenvalue weighted by molar-refractivity contribution is 7.91. The molecule has 0 radical (unpaired) electrons. The molecule has 1 aliphatic rings. The van der Waals surface area contributed by atoms with Crippen LogP contribution in [0.4, 0.5) is 10.5 Å². The van der Waals surface area contributed by atoms with Crippen LogP contribution in [0.2, 0.25) is 0 Å². The molecule has 1 atom stereocenters. The van der Waals surface area contributed by atoms with Gasteiger partial charge in [-0.3, -0.25) is 9.59 Å². The van der Waals surface area contributed by atoms with Gasteiger partial charge in [-0.25, -0.2) is 13.2 Å². The van der Waals surface area contributed by atoms with Crippen LogP contribution < -0.4 is 10.6 Å². The monoisotopic (exact) mass is 425 g/mol. The summed E-state index contributed by atoms with van der Waals surface area (Å²) in [4.78, 5) is 37.5. The average Bonchev–Trinajstić information content (AvgIpc) is 3.04. The van der Waals surface area contributed by atoms with Crippen molar-refractivity contribution in [3.63, 3.8) is 0 Å². The minimum Gasteiger partial charge on any atom is -0.456 e. The molecule has 0 spiro atoms. The predicted molar refractivity (Wildman–Crippen MR) is 108 cm³/mol. The van der Waals surface area contributed by atoms with Gasteiger partial charge in [0, 0.05) is 24.8 Å². The van der Waals surface area contributed by atoms with Crippen LogP contribution in [-0.4, -0.2) is 68.5 Å². The van der Waals surface area contributed by atoms with Crippen LogP contribution in [0.5, 0.6) is 0 Å². The topological polar surface area (TPSA) is 122 Å². The van der Waals surface area contributed by atoms with Crippen LogP contribution in [0.25, 0.3) is 0 Å². The number of carbonyl (C=O) groups excluding carboxylic acids is 3. The number of sulfone groups is 1. The second-order valence-electron chi connectivity index (χ2n) is 6.80. The number of anilines is 1. The van der Waals surface area contributed by atoms with Gasteiger partial charge in [0.25, 0.3) is 5.91 Å².